The highest BCUT2D eigenvalue weighted by molar-refractivity contribution is 7.92. The topological polar surface area (TPSA) is 96.0 Å². The largest absolute Gasteiger partial charge is 0.497 e. The van der Waals surface area contributed by atoms with E-state index in [-0.39, 0.29) is 31.3 Å². The molecule has 8 nitrogen and oxygen atoms in total. The Morgan fingerprint density at radius 2 is 1.83 bits per heavy atom. The van der Waals surface area contributed by atoms with E-state index in [4.69, 9.17) is 4.74 Å². The number of hydrogen-bond donors (Lipinski definition) is 1. The zero-order valence-electron chi connectivity index (χ0n) is 21.3. The summed E-state index contributed by atoms with van der Waals surface area (Å²) < 4.78 is 31.5. The first-order valence-electron chi connectivity index (χ1n) is 11.8. The van der Waals surface area contributed by atoms with Crippen LogP contribution in [0.1, 0.15) is 44.2 Å². The molecule has 0 unspecified atom stereocenters. The van der Waals surface area contributed by atoms with Crippen molar-refractivity contribution in [2.24, 2.45) is 0 Å². The minimum Gasteiger partial charge on any atom is -0.497 e. The molecule has 9 heteroatoms. The third-order valence-electron chi connectivity index (χ3n) is 5.74. The minimum absolute atomic E-state index is 0.104. The number of ether oxygens (including phenoxy) is 1. The van der Waals surface area contributed by atoms with Crippen molar-refractivity contribution in [3.8, 4) is 5.75 Å². The second-order valence-electron chi connectivity index (χ2n) is 8.57. The van der Waals surface area contributed by atoms with Gasteiger partial charge in [-0.2, -0.15) is 0 Å². The first-order valence-corrected chi connectivity index (χ1v) is 13.7. The van der Waals surface area contributed by atoms with Crippen molar-refractivity contribution in [2.75, 3.05) is 30.8 Å². The molecule has 0 fully saturated rings. The van der Waals surface area contributed by atoms with E-state index in [1.165, 1.54) is 9.21 Å². The van der Waals surface area contributed by atoms with Gasteiger partial charge in [-0.25, -0.2) is 8.42 Å². The molecule has 0 saturated heterocycles. The Labute approximate surface area is 209 Å². The van der Waals surface area contributed by atoms with Gasteiger partial charge in [-0.15, -0.1) is 0 Å². The number of carbonyl (C=O) groups excluding carboxylic acids is 2. The summed E-state index contributed by atoms with van der Waals surface area (Å²) in [5.41, 5.74) is 2.28. The average molecular weight is 504 g/mol. The molecule has 0 aliphatic heterocycles. The molecule has 1 N–H and O–H groups in total. The van der Waals surface area contributed by atoms with E-state index in [2.05, 4.69) is 5.32 Å². The van der Waals surface area contributed by atoms with Gasteiger partial charge in [-0.05, 0) is 56.0 Å². The Bertz CT molecular complexity index is 1100. The third kappa shape index (κ3) is 8.28. The molecule has 2 aromatic carbocycles. The van der Waals surface area contributed by atoms with Crippen molar-refractivity contribution in [2.45, 2.75) is 52.6 Å². The fraction of sp³-hybridized carbons (Fsp3) is 0.462. The second kappa shape index (κ2) is 13.1. The van der Waals surface area contributed by atoms with Gasteiger partial charge < -0.3 is 15.0 Å². The van der Waals surface area contributed by atoms with Crippen molar-refractivity contribution in [3.05, 3.63) is 59.7 Å². The Hall–Kier alpha value is -3.07. The molecule has 192 valence electrons. The molecule has 0 saturated carbocycles. The van der Waals surface area contributed by atoms with Crippen molar-refractivity contribution < 1.29 is 22.7 Å². The Balaban J connectivity index is 2.18. The van der Waals surface area contributed by atoms with Crippen molar-refractivity contribution in [1.29, 1.82) is 0 Å². The van der Waals surface area contributed by atoms with Crippen LogP contribution in [0.15, 0.2) is 48.5 Å². The van der Waals surface area contributed by atoms with Crippen molar-refractivity contribution >= 4 is 27.5 Å². The summed E-state index contributed by atoms with van der Waals surface area (Å²) in [6.45, 7) is 6.46. The van der Waals surface area contributed by atoms with E-state index in [1.807, 2.05) is 50.2 Å². The summed E-state index contributed by atoms with van der Waals surface area (Å²) in [5, 5.41) is 2.85. The third-order valence-corrected chi connectivity index (χ3v) is 6.92. The van der Waals surface area contributed by atoms with Gasteiger partial charge in [-0.1, -0.05) is 37.3 Å². The first kappa shape index (κ1) is 28.2. The molecule has 35 heavy (non-hydrogen) atoms. The van der Waals surface area contributed by atoms with Gasteiger partial charge in [0.05, 0.1) is 19.1 Å². The molecule has 0 radical (unpaired) electrons. The molecule has 0 aromatic heterocycles. The van der Waals surface area contributed by atoms with Gasteiger partial charge in [0.1, 0.15) is 11.8 Å². The van der Waals surface area contributed by atoms with Crippen LogP contribution in [-0.4, -0.2) is 57.6 Å². The number of amides is 2. The number of para-hydroxylation sites is 1. The van der Waals surface area contributed by atoms with Gasteiger partial charge in [0.15, 0.2) is 0 Å². The number of nitrogens with zero attached hydrogens (tertiary/aromatic N) is 2. The number of methoxy groups -OCH3 is 1. The number of aryl methyl sites for hydroxylation is 1. The van der Waals surface area contributed by atoms with Crippen LogP contribution in [-0.2, 0) is 26.2 Å². The van der Waals surface area contributed by atoms with E-state index < -0.39 is 16.1 Å². The molecule has 0 aliphatic carbocycles. The predicted molar refractivity (Wildman–Crippen MR) is 139 cm³/mol. The van der Waals surface area contributed by atoms with Crippen LogP contribution < -0.4 is 14.4 Å². The highest BCUT2D eigenvalue weighted by Gasteiger charge is 2.26. The standard InChI is InChI=1S/C26H37N3O5S/c1-6-16-27-26(31)21(3)28(19-22-12-9-13-23(18-22)34-4)25(30)15-10-17-29(35(5,32)33)24-14-8-7-11-20(24)2/h7-9,11-14,18,21H,6,10,15-17,19H2,1-5H3,(H,27,31)/t21-/m0/s1. The van der Waals surface area contributed by atoms with E-state index in [9.17, 15) is 18.0 Å². The van der Waals surface area contributed by atoms with Crippen LogP contribution in [0.5, 0.6) is 5.75 Å². The lowest BCUT2D eigenvalue weighted by Gasteiger charge is -2.29. The van der Waals surface area contributed by atoms with Crippen LogP contribution in [0.2, 0.25) is 0 Å². The minimum atomic E-state index is -3.52. The van der Waals surface area contributed by atoms with E-state index >= 15 is 0 Å². The van der Waals surface area contributed by atoms with Crippen LogP contribution in [0.3, 0.4) is 0 Å². The van der Waals surface area contributed by atoms with E-state index in [1.54, 1.807) is 26.2 Å². The molecular weight excluding hydrogens is 466 g/mol. The van der Waals surface area contributed by atoms with Crippen LogP contribution in [0, 0.1) is 6.92 Å². The number of benzene rings is 2. The quantitative estimate of drug-likeness (QED) is 0.451. The predicted octanol–water partition coefficient (Wildman–Crippen LogP) is 3.49. The maximum Gasteiger partial charge on any atom is 0.242 e. The summed E-state index contributed by atoms with van der Waals surface area (Å²) in [7, 11) is -1.95. The summed E-state index contributed by atoms with van der Waals surface area (Å²) in [6.07, 6.45) is 2.38. The maximum absolute atomic E-state index is 13.3. The summed E-state index contributed by atoms with van der Waals surface area (Å²) in [4.78, 5) is 27.5. The zero-order chi connectivity index (χ0) is 26.0. The Morgan fingerprint density at radius 3 is 2.46 bits per heavy atom. The van der Waals surface area contributed by atoms with Crippen LogP contribution in [0.25, 0.3) is 0 Å². The van der Waals surface area contributed by atoms with Crippen molar-refractivity contribution in [3.63, 3.8) is 0 Å². The highest BCUT2D eigenvalue weighted by atomic mass is 32.2. The zero-order valence-corrected chi connectivity index (χ0v) is 22.1. The normalized spacial score (nSPS) is 12.0. The summed E-state index contributed by atoms with van der Waals surface area (Å²) >= 11 is 0. The molecule has 2 aromatic rings. The number of hydrogen-bond acceptors (Lipinski definition) is 5. The second-order valence-corrected chi connectivity index (χ2v) is 10.5. The van der Waals surface area contributed by atoms with Gasteiger partial charge in [-0.3, -0.25) is 13.9 Å². The SMILES string of the molecule is CCCNC(=O)[C@H](C)N(Cc1cccc(OC)c1)C(=O)CCCN(c1ccccc1C)S(C)(=O)=O. The summed E-state index contributed by atoms with van der Waals surface area (Å²) in [5.74, 6) is 0.228. The number of rotatable bonds is 13. The van der Waals surface area contributed by atoms with E-state index in [0.29, 0.717) is 24.4 Å². The van der Waals surface area contributed by atoms with Crippen LogP contribution >= 0.6 is 0 Å². The molecule has 0 heterocycles. The molecular formula is C26H37N3O5S. The fourth-order valence-corrected chi connectivity index (χ4v) is 4.79. The average Bonchev–Trinajstić information content (AvgIpc) is 2.83. The van der Waals surface area contributed by atoms with Crippen LogP contribution in [0.4, 0.5) is 5.69 Å². The van der Waals surface area contributed by atoms with Gasteiger partial charge in [0.25, 0.3) is 0 Å². The Kier molecular flexibility index (Phi) is 10.6. The van der Waals surface area contributed by atoms with E-state index in [0.717, 1.165) is 23.8 Å². The molecule has 2 amide bonds. The number of nitrogens with one attached hydrogen (secondary N) is 1. The lowest BCUT2D eigenvalue weighted by atomic mass is 10.1. The lowest BCUT2D eigenvalue weighted by molar-refractivity contribution is -0.140. The molecule has 0 bridgehead atoms. The Morgan fingerprint density at radius 1 is 1.11 bits per heavy atom. The number of carbonyl (C=O) groups is 2. The highest BCUT2D eigenvalue weighted by Crippen LogP contribution is 2.23. The first-order chi connectivity index (χ1) is 16.6. The smallest absolute Gasteiger partial charge is 0.242 e. The fourth-order valence-electron chi connectivity index (χ4n) is 3.77. The van der Waals surface area contributed by atoms with Crippen molar-refractivity contribution in [1.82, 2.24) is 10.2 Å². The monoisotopic (exact) mass is 503 g/mol. The van der Waals surface area contributed by atoms with Gasteiger partial charge >= 0.3 is 0 Å². The number of sulfonamides is 1. The number of anilines is 1. The molecule has 0 aliphatic rings. The molecule has 1 atom stereocenters. The summed E-state index contributed by atoms with van der Waals surface area (Å²) in [6, 6.07) is 13.9. The van der Waals surface area contributed by atoms with Gasteiger partial charge in [0.2, 0.25) is 21.8 Å². The molecule has 2 rings (SSSR count). The van der Waals surface area contributed by atoms with Gasteiger partial charge in [0, 0.05) is 26.1 Å². The lowest BCUT2D eigenvalue weighted by Crippen LogP contribution is -2.47. The maximum atomic E-state index is 13.3. The molecule has 0 spiro atoms.